The molecular weight excluding hydrogens is 400 g/mol. The number of hydrogen-bond acceptors (Lipinski definition) is 4. The van der Waals surface area contributed by atoms with E-state index in [1.165, 1.54) is 5.56 Å². The Kier molecular flexibility index (Phi) is 6.99. The highest BCUT2D eigenvalue weighted by Gasteiger charge is 2.35. The number of carbonyl (C=O) groups excluding carboxylic acids is 1. The Hall–Kier alpha value is -3.01. The zero-order valence-electron chi connectivity index (χ0n) is 19.1. The predicted molar refractivity (Wildman–Crippen MR) is 127 cm³/mol. The van der Waals surface area contributed by atoms with Gasteiger partial charge < -0.3 is 14.2 Å². The summed E-state index contributed by atoms with van der Waals surface area (Å²) in [6, 6.07) is 20.2. The lowest BCUT2D eigenvalue weighted by molar-refractivity contribution is -0.162. The summed E-state index contributed by atoms with van der Waals surface area (Å²) in [5.41, 5.74) is 2.15. The molecule has 0 N–H and O–H groups in total. The first-order valence-electron chi connectivity index (χ1n) is 11.7. The molecule has 0 amide bonds. The summed E-state index contributed by atoms with van der Waals surface area (Å²) < 4.78 is 17.8. The zero-order chi connectivity index (χ0) is 22.4. The number of esters is 1. The molecule has 4 rings (SSSR count). The van der Waals surface area contributed by atoms with Crippen molar-refractivity contribution in [2.45, 2.75) is 64.6 Å². The summed E-state index contributed by atoms with van der Waals surface area (Å²) in [7, 11) is 0. The van der Waals surface area contributed by atoms with Crippen molar-refractivity contribution in [2.75, 3.05) is 6.61 Å². The van der Waals surface area contributed by atoms with E-state index >= 15 is 0 Å². The molecule has 0 atom stereocenters. The van der Waals surface area contributed by atoms with Crippen LogP contribution >= 0.6 is 0 Å². The summed E-state index contributed by atoms with van der Waals surface area (Å²) in [6.07, 6.45) is 6.03. The molecule has 168 valence electrons. The summed E-state index contributed by atoms with van der Waals surface area (Å²) in [4.78, 5) is 12.5. The van der Waals surface area contributed by atoms with Crippen LogP contribution in [0, 0.1) is 0 Å². The van der Waals surface area contributed by atoms with Crippen LogP contribution in [0.5, 0.6) is 11.5 Å². The second-order valence-corrected chi connectivity index (χ2v) is 8.57. The van der Waals surface area contributed by atoms with E-state index in [4.69, 9.17) is 14.2 Å². The van der Waals surface area contributed by atoms with Gasteiger partial charge in [-0.15, -0.1) is 0 Å². The third-order valence-corrected chi connectivity index (χ3v) is 6.50. The van der Waals surface area contributed by atoms with E-state index in [9.17, 15) is 4.79 Å². The summed E-state index contributed by atoms with van der Waals surface area (Å²) in [6.45, 7) is 4.65. The van der Waals surface area contributed by atoms with Gasteiger partial charge in [0.2, 0.25) is 0 Å². The first-order valence-corrected chi connectivity index (χ1v) is 11.7. The van der Waals surface area contributed by atoms with E-state index in [1.54, 1.807) is 0 Å². The van der Waals surface area contributed by atoms with Crippen LogP contribution in [0.3, 0.4) is 0 Å². The van der Waals surface area contributed by atoms with Crippen LogP contribution in [0.15, 0.2) is 60.7 Å². The van der Waals surface area contributed by atoms with Gasteiger partial charge in [-0.25, -0.2) is 4.79 Å². The summed E-state index contributed by atoms with van der Waals surface area (Å²) in [5, 5.41) is 1.88. The van der Waals surface area contributed by atoms with Gasteiger partial charge in [0.15, 0.2) is 6.61 Å². The molecule has 0 spiro atoms. The molecule has 1 fully saturated rings. The highest BCUT2D eigenvalue weighted by atomic mass is 16.6. The first kappa shape index (κ1) is 22.2. The molecule has 3 aromatic carbocycles. The van der Waals surface area contributed by atoms with Crippen molar-refractivity contribution in [3.05, 3.63) is 71.8 Å². The second kappa shape index (κ2) is 10.1. The van der Waals surface area contributed by atoms with E-state index in [-0.39, 0.29) is 18.2 Å². The normalized spacial score (nSPS) is 14.9. The van der Waals surface area contributed by atoms with Gasteiger partial charge in [0.1, 0.15) is 23.7 Å². The maximum atomic E-state index is 12.5. The smallest absolute Gasteiger partial charge is 0.344 e. The van der Waals surface area contributed by atoms with Crippen LogP contribution in [0.2, 0.25) is 0 Å². The van der Waals surface area contributed by atoms with Crippen LogP contribution < -0.4 is 9.47 Å². The van der Waals surface area contributed by atoms with Crippen LogP contribution in [-0.2, 0) is 22.6 Å². The Morgan fingerprint density at radius 3 is 2.00 bits per heavy atom. The van der Waals surface area contributed by atoms with Crippen LogP contribution in [0.1, 0.15) is 57.1 Å². The number of benzene rings is 3. The molecule has 0 aliphatic heterocycles. The molecule has 32 heavy (non-hydrogen) atoms. The van der Waals surface area contributed by atoms with E-state index in [1.807, 2.05) is 36.4 Å². The Morgan fingerprint density at radius 2 is 1.41 bits per heavy atom. The molecule has 0 unspecified atom stereocenters. The van der Waals surface area contributed by atoms with Gasteiger partial charge in [-0.2, -0.15) is 0 Å². The molecule has 4 heteroatoms. The highest BCUT2D eigenvalue weighted by Crippen LogP contribution is 2.36. The third kappa shape index (κ3) is 5.07. The van der Waals surface area contributed by atoms with Gasteiger partial charge in [-0.1, -0.05) is 62.4 Å². The van der Waals surface area contributed by atoms with Crippen LogP contribution in [-0.4, -0.2) is 18.2 Å². The predicted octanol–water partition coefficient (Wildman–Crippen LogP) is 6.63. The first-order chi connectivity index (χ1) is 15.6. The molecule has 0 saturated heterocycles. The number of hydrogen-bond donors (Lipinski definition) is 0. The number of carbonyl (C=O) groups is 1. The van der Waals surface area contributed by atoms with E-state index < -0.39 is 0 Å². The summed E-state index contributed by atoms with van der Waals surface area (Å²) in [5.74, 6) is 1.16. The van der Waals surface area contributed by atoms with Crippen molar-refractivity contribution in [1.82, 2.24) is 0 Å². The van der Waals surface area contributed by atoms with Gasteiger partial charge >= 0.3 is 5.97 Å². The van der Waals surface area contributed by atoms with Crippen LogP contribution in [0.25, 0.3) is 10.8 Å². The Labute approximate surface area is 190 Å². The van der Waals surface area contributed by atoms with Gasteiger partial charge in [-0.3, -0.25) is 0 Å². The molecule has 4 nitrogen and oxygen atoms in total. The van der Waals surface area contributed by atoms with Crippen molar-refractivity contribution >= 4 is 16.7 Å². The average molecular weight is 433 g/mol. The molecule has 0 bridgehead atoms. The third-order valence-electron chi connectivity index (χ3n) is 6.50. The monoisotopic (exact) mass is 432 g/mol. The van der Waals surface area contributed by atoms with Crippen molar-refractivity contribution in [2.24, 2.45) is 0 Å². The molecule has 0 aromatic heterocycles. The fourth-order valence-electron chi connectivity index (χ4n) is 4.49. The minimum absolute atomic E-state index is 0.0876. The number of rotatable bonds is 9. The minimum atomic E-state index is -0.298. The van der Waals surface area contributed by atoms with Crippen molar-refractivity contribution in [3.8, 4) is 11.5 Å². The Morgan fingerprint density at radius 1 is 0.812 bits per heavy atom. The van der Waals surface area contributed by atoms with Crippen LogP contribution in [0.4, 0.5) is 0 Å². The van der Waals surface area contributed by atoms with E-state index in [0.717, 1.165) is 60.6 Å². The average Bonchev–Trinajstić information content (AvgIpc) is 3.30. The number of ether oxygens (including phenoxy) is 3. The van der Waals surface area contributed by atoms with Gasteiger partial charge in [-0.05, 0) is 61.8 Å². The fraction of sp³-hybridized carbons (Fsp3) is 0.393. The van der Waals surface area contributed by atoms with Gasteiger partial charge in [0.25, 0.3) is 0 Å². The topological polar surface area (TPSA) is 44.8 Å². The van der Waals surface area contributed by atoms with Crippen molar-refractivity contribution in [1.29, 1.82) is 0 Å². The fourth-order valence-corrected chi connectivity index (χ4v) is 4.49. The zero-order valence-corrected chi connectivity index (χ0v) is 19.1. The Balaban J connectivity index is 1.43. The maximum Gasteiger partial charge on any atom is 0.344 e. The largest absolute Gasteiger partial charge is 0.488 e. The molecular formula is C28H32O4. The van der Waals surface area contributed by atoms with Crippen molar-refractivity contribution < 1.29 is 19.0 Å². The lowest BCUT2D eigenvalue weighted by Gasteiger charge is -2.27. The molecule has 0 heterocycles. The minimum Gasteiger partial charge on any atom is -0.488 e. The Bertz CT molecular complexity index is 1050. The van der Waals surface area contributed by atoms with E-state index in [0.29, 0.717) is 12.4 Å². The van der Waals surface area contributed by atoms with Gasteiger partial charge in [0.05, 0.1) is 0 Å². The lowest BCUT2D eigenvalue weighted by atomic mass is 9.99. The molecule has 0 radical (unpaired) electrons. The SMILES string of the molecule is CCc1ccc(COc2cccc3c(OCC(=O)OC4(CC)CCCC4)cccc23)cc1. The van der Waals surface area contributed by atoms with Gasteiger partial charge in [0, 0.05) is 10.8 Å². The number of fused-ring (bicyclic) bond motifs is 1. The standard InChI is InChI=1S/C28H32O4/c1-3-21-13-15-22(16-14-21)19-30-25-11-7-10-24-23(25)9-8-12-26(24)31-20-27(29)32-28(4-2)17-5-6-18-28/h7-16H,3-6,17-20H2,1-2H3. The molecule has 1 aliphatic rings. The molecule has 1 aliphatic carbocycles. The highest BCUT2D eigenvalue weighted by molar-refractivity contribution is 5.93. The van der Waals surface area contributed by atoms with E-state index in [2.05, 4.69) is 38.1 Å². The lowest BCUT2D eigenvalue weighted by Crippen LogP contribution is -2.33. The summed E-state index contributed by atoms with van der Waals surface area (Å²) >= 11 is 0. The molecule has 1 saturated carbocycles. The maximum absolute atomic E-state index is 12.5. The quantitative estimate of drug-likeness (QED) is 0.356. The second-order valence-electron chi connectivity index (χ2n) is 8.57. The number of aryl methyl sites for hydroxylation is 1. The van der Waals surface area contributed by atoms with Crippen molar-refractivity contribution in [3.63, 3.8) is 0 Å². The molecule has 3 aromatic rings.